The third-order valence-electron chi connectivity index (χ3n) is 9.97. The molecule has 51 heavy (non-hydrogen) atoms. The van der Waals surface area contributed by atoms with E-state index in [4.69, 9.17) is 14.4 Å². The highest BCUT2D eigenvalue weighted by Crippen LogP contribution is 2.43. The number of nitrogens with zero attached hydrogens (tertiary/aromatic N) is 2. The van der Waals surface area contributed by atoms with Crippen LogP contribution in [0.2, 0.25) is 0 Å². The number of hydrogen-bond acceptors (Lipinski definition) is 6. The molecule has 0 bridgehead atoms. The number of benzene rings is 7. The van der Waals surface area contributed by atoms with Crippen LogP contribution in [-0.2, 0) is 0 Å². The number of aliphatic imine (C=N–C) groups is 2. The van der Waals surface area contributed by atoms with Gasteiger partial charge in [-0.25, -0.2) is 9.98 Å². The third kappa shape index (κ3) is 4.50. The van der Waals surface area contributed by atoms with Crippen molar-refractivity contribution >= 4 is 96.6 Å². The van der Waals surface area contributed by atoms with Crippen LogP contribution >= 0.6 is 22.7 Å². The Hall–Kier alpha value is -6.08. The molecular weight excluding hydrogens is 663 g/mol. The van der Waals surface area contributed by atoms with Crippen LogP contribution in [0.1, 0.15) is 22.9 Å². The second-order valence-corrected chi connectivity index (χ2v) is 15.1. The maximum absolute atomic E-state index is 6.75. The Bertz CT molecular complexity index is 3070. The molecule has 1 aliphatic heterocycles. The molecular formula is C45H27N3OS2. The summed E-state index contributed by atoms with van der Waals surface area (Å²) in [7, 11) is 0. The minimum Gasteiger partial charge on any atom is -0.455 e. The second-order valence-electron chi connectivity index (χ2n) is 12.9. The Morgan fingerprint density at radius 2 is 1.16 bits per heavy atom. The molecule has 3 aromatic heterocycles. The fourth-order valence-corrected chi connectivity index (χ4v) is 9.98. The van der Waals surface area contributed by atoms with E-state index in [2.05, 4.69) is 151 Å². The Morgan fingerprint density at radius 3 is 2.02 bits per heavy atom. The van der Waals surface area contributed by atoms with Crippen molar-refractivity contribution < 1.29 is 4.42 Å². The molecule has 4 nitrogen and oxygen atoms in total. The van der Waals surface area contributed by atoms with Crippen LogP contribution in [0, 0.1) is 0 Å². The molecule has 4 heterocycles. The van der Waals surface area contributed by atoms with Crippen LogP contribution in [-0.4, -0.2) is 11.7 Å². The fraction of sp³-hybridized carbons (Fsp3) is 0.0222. The van der Waals surface area contributed by atoms with E-state index < -0.39 is 6.17 Å². The first-order chi connectivity index (χ1) is 25.3. The standard InChI is InChI=1S/C45H27N3OS2/c1-2-11-26(12-3-1)43-46-44(48-45(47-43)35-19-9-16-32-30-14-5-7-22-38(30)51-42(32)35)34-18-10-20-36-40(34)33-17-8-15-28(41(33)49-36)27-23-24-31-29-13-4-6-21-37(29)50-39(31)25-27/h1-25,44H,(H,46,47,48). The molecule has 11 rings (SSSR count). The second kappa shape index (κ2) is 11.2. The van der Waals surface area contributed by atoms with Crippen LogP contribution in [0.5, 0.6) is 0 Å². The number of amidine groups is 2. The molecule has 1 unspecified atom stereocenters. The lowest BCUT2D eigenvalue weighted by Crippen LogP contribution is -2.36. The molecule has 1 N–H and O–H groups in total. The van der Waals surface area contributed by atoms with E-state index in [1.165, 1.54) is 40.3 Å². The van der Waals surface area contributed by atoms with E-state index in [9.17, 15) is 0 Å². The number of rotatable bonds is 4. The fourth-order valence-electron chi connectivity index (χ4n) is 7.61. The first-order valence-electron chi connectivity index (χ1n) is 17.0. The van der Waals surface area contributed by atoms with E-state index in [1.54, 1.807) is 0 Å². The number of para-hydroxylation sites is 1. The van der Waals surface area contributed by atoms with Gasteiger partial charge in [0.15, 0.2) is 6.17 Å². The summed E-state index contributed by atoms with van der Waals surface area (Å²) >= 11 is 3.64. The summed E-state index contributed by atoms with van der Waals surface area (Å²) in [5.74, 6) is 1.61. The van der Waals surface area contributed by atoms with Gasteiger partial charge < -0.3 is 9.73 Å². The van der Waals surface area contributed by atoms with Gasteiger partial charge in [0, 0.05) is 73.4 Å². The lowest BCUT2D eigenvalue weighted by Gasteiger charge is -2.23. The van der Waals surface area contributed by atoms with Gasteiger partial charge in [-0.2, -0.15) is 0 Å². The average Bonchev–Trinajstić information content (AvgIpc) is 3.89. The van der Waals surface area contributed by atoms with Crippen molar-refractivity contribution in [2.45, 2.75) is 6.17 Å². The lowest BCUT2D eigenvalue weighted by molar-refractivity contribution is 0.668. The SMILES string of the molecule is c1ccc(C2=NC(c3cccc4oc5c(-c6ccc7c(c6)sc6ccccc67)cccc5c34)N=C(c3cccc4c3sc3ccccc34)N2)cc1. The van der Waals surface area contributed by atoms with Gasteiger partial charge in [0.25, 0.3) is 0 Å². The largest absolute Gasteiger partial charge is 0.455 e. The van der Waals surface area contributed by atoms with Crippen molar-refractivity contribution in [1.82, 2.24) is 5.32 Å². The molecule has 6 heteroatoms. The molecule has 1 atom stereocenters. The van der Waals surface area contributed by atoms with Gasteiger partial charge in [0.1, 0.15) is 22.8 Å². The molecule has 0 aliphatic carbocycles. The van der Waals surface area contributed by atoms with Gasteiger partial charge >= 0.3 is 0 Å². The molecule has 7 aromatic carbocycles. The number of thiophene rings is 2. The van der Waals surface area contributed by atoms with E-state index in [0.717, 1.165) is 61.4 Å². The van der Waals surface area contributed by atoms with Crippen molar-refractivity contribution in [2.75, 3.05) is 0 Å². The topological polar surface area (TPSA) is 49.9 Å². The summed E-state index contributed by atoms with van der Waals surface area (Å²) < 4.78 is 11.8. The average molecular weight is 690 g/mol. The minimum absolute atomic E-state index is 0.482. The smallest absolute Gasteiger partial charge is 0.170 e. The maximum atomic E-state index is 6.75. The van der Waals surface area contributed by atoms with Crippen molar-refractivity contribution in [1.29, 1.82) is 0 Å². The van der Waals surface area contributed by atoms with Gasteiger partial charge in [0.05, 0.1) is 0 Å². The van der Waals surface area contributed by atoms with Crippen molar-refractivity contribution in [3.63, 3.8) is 0 Å². The number of furan rings is 1. The third-order valence-corrected chi connectivity index (χ3v) is 12.3. The molecule has 0 saturated heterocycles. The molecule has 0 saturated carbocycles. The van der Waals surface area contributed by atoms with E-state index in [0.29, 0.717) is 0 Å². The van der Waals surface area contributed by atoms with Crippen molar-refractivity contribution in [3.8, 4) is 11.1 Å². The molecule has 0 fully saturated rings. The first kappa shape index (κ1) is 28.7. The lowest BCUT2D eigenvalue weighted by atomic mass is 9.99. The summed E-state index contributed by atoms with van der Waals surface area (Å²) in [6.07, 6.45) is -0.482. The molecule has 0 spiro atoms. The maximum Gasteiger partial charge on any atom is 0.170 e. The number of fused-ring (bicyclic) bond motifs is 9. The van der Waals surface area contributed by atoms with Gasteiger partial charge in [-0.15, -0.1) is 22.7 Å². The van der Waals surface area contributed by atoms with Gasteiger partial charge in [-0.3, -0.25) is 0 Å². The predicted molar refractivity (Wildman–Crippen MR) is 217 cm³/mol. The van der Waals surface area contributed by atoms with E-state index in [-0.39, 0.29) is 0 Å². The summed E-state index contributed by atoms with van der Waals surface area (Å²) in [5.41, 5.74) is 7.03. The summed E-state index contributed by atoms with van der Waals surface area (Å²) in [5, 5.41) is 10.8. The van der Waals surface area contributed by atoms with Crippen LogP contribution in [0.4, 0.5) is 0 Å². The first-order valence-corrected chi connectivity index (χ1v) is 18.6. The summed E-state index contributed by atoms with van der Waals surface area (Å²) in [6, 6.07) is 53.6. The van der Waals surface area contributed by atoms with E-state index in [1.807, 2.05) is 28.7 Å². The van der Waals surface area contributed by atoms with Gasteiger partial charge in [-0.05, 0) is 35.9 Å². The highest BCUT2D eigenvalue weighted by atomic mass is 32.1. The van der Waals surface area contributed by atoms with Crippen molar-refractivity contribution in [3.05, 3.63) is 168 Å². The molecule has 0 radical (unpaired) electrons. The zero-order valence-corrected chi connectivity index (χ0v) is 28.8. The normalized spacial score (nSPS) is 14.9. The highest BCUT2D eigenvalue weighted by Gasteiger charge is 2.26. The van der Waals surface area contributed by atoms with E-state index >= 15 is 0 Å². The van der Waals surface area contributed by atoms with Gasteiger partial charge in [-0.1, -0.05) is 121 Å². The minimum atomic E-state index is -0.482. The van der Waals surface area contributed by atoms with Crippen LogP contribution in [0.3, 0.4) is 0 Å². The quantitative estimate of drug-likeness (QED) is 0.200. The predicted octanol–water partition coefficient (Wildman–Crippen LogP) is 12.5. The molecule has 0 amide bonds. The van der Waals surface area contributed by atoms with Gasteiger partial charge in [0.2, 0.25) is 0 Å². The van der Waals surface area contributed by atoms with Crippen LogP contribution in [0.15, 0.2) is 166 Å². The summed E-state index contributed by atoms with van der Waals surface area (Å²) in [4.78, 5) is 10.6. The molecule has 240 valence electrons. The number of nitrogens with one attached hydrogen (secondary N) is 1. The van der Waals surface area contributed by atoms with Crippen LogP contribution in [0.25, 0.3) is 73.4 Å². The Balaban J connectivity index is 1.10. The van der Waals surface area contributed by atoms with Crippen molar-refractivity contribution in [2.24, 2.45) is 9.98 Å². The molecule has 1 aliphatic rings. The molecule has 10 aromatic rings. The highest BCUT2D eigenvalue weighted by molar-refractivity contribution is 7.26. The summed E-state index contributed by atoms with van der Waals surface area (Å²) in [6.45, 7) is 0. The zero-order chi connectivity index (χ0) is 33.5. The monoisotopic (exact) mass is 689 g/mol. The Labute approximate surface area is 300 Å². The van der Waals surface area contributed by atoms with Crippen LogP contribution < -0.4 is 5.32 Å². The zero-order valence-electron chi connectivity index (χ0n) is 27.1. The number of hydrogen-bond donors (Lipinski definition) is 1. The Kier molecular flexibility index (Phi) is 6.32. The Morgan fingerprint density at radius 1 is 0.490 bits per heavy atom.